The first-order valence-electron chi connectivity index (χ1n) is 7.46. The lowest BCUT2D eigenvalue weighted by molar-refractivity contribution is 0.251. The van der Waals surface area contributed by atoms with Crippen molar-refractivity contribution >= 4 is 48.4 Å². The summed E-state index contributed by atoms with van der Waals surface area (Å²) < 4.78 is 38.4. The minimum atomic E-state index is -3.40. The number of thiazole rings is 1. The van der Waals surface area contributed by atoms with Crippen molar-refractivity contribution < 1.29 is 17.6 Å². The number of sulfonamides is 1. The Morgan fingerprint density at radius 2 is 1.92 bits per heavy atom. The number of carbonyl (C=O) groups is 1. The summed E-state index contributed by atoms with van der Waals surface area (Å²) in [6.07, 6.45) is 1.05. The third-order valence-electron chi connectivity index (χ3n) is 3.29. The number of carbonyl (C=O) groups excluding carboxylic acids is 1. The first-order chi connectivity index (χ1) is 12.3. The molecule has 1 aromatic heterocycles. The molecular weight excluding hydrogens is 379 g/mol. The van der Waals surface area contributed by atoms with Crippen molar-refractivity contribution in [2.75, 3.05) is 16.3 Å². The van der Waals surface area contributed by atoms with Crippen LogP contribution in [0.3, 0.4) is 0 Å². The Morgan fingerprint density at radius 3 is 2.62 bits per heavy atom. The fourth-order valence-electron chi connectivity index (χ4n) is 2.16. The van der Waals surface area contributed by atoms with Gasteiger partial charge in [0.1, 0.15) is 5.82 Å². The molecule has 0 unspecified atom stereocenters. The molecule has 0 radical (unpaired) electrons. The van der Waals surface area contributed by atoms with E-state index in [2.05, 4.69) is 20.3 Å². The molecule has 2 amide bonds. The number of nitrogens with one attached hydrogen (secondary N) is 3. The molecule has 26 heavy (non-hydrogen) atoms. The van der Waals surface area contributed by atoms with Gasteiger partial charge in [-0.05, 0) is 35.9 Å². The fourth-order valence-corrected chi connectivity index (χ4v) is 3.90. The molecular formula is C16H15FN4O3S2. The van der Waals surface area contributed by atoms with Gasteiger partial charge in [0.15, 0.2) is 5.13 Å². The summed E-state index contributed by atoms with van der Waals surface area (Å²) >= 11 is 1.17. The van der Waals surface area contributed by atoms with Gasteiger partial charge in [0, 0.05) is 12.2 Å². The van der Waals surface area contributed by atoms with Crippen molar-refractivity contribution in [2.24, 2.45) is 0 Å². The molecule has 0 atom stereocenters. The fraction of sp³-hybridized carbons (Fsp3) is 0.125. The first kappa shape index (κ1) is 18.1. The molecule has 0 saturated carbocycles. The number of fused-ring (bicyclic) bond motifs is 1. The maximum Gasteiger partial charge on any atom is 0.319 e. The Kier molecular flexibility index (Phi) is 5.05. The lowest BCUT2D eigenvalue weighted by Gasteiger charge is -2.07. The Hall–Kier alpha value is -2.72. The minimum absolute atomic E-state index is 0.261. The van der Waals surface area contributed by atoms with Gasteiger partial charge in [-0.15, -0.1) is 0 Å². The summed E-state index contributed by atoms with van der Waals surface area (Å²) in [5.41, 5.74) is 1.94. The largest absolute Gasteiger partial charge is 0.334 e. The zero-order valence-electron chi connectivity index (χ0n) is 13.6. The molecule has 0 aliphatic carbocycles. The van der Waals surface area contributed by atoms with Crippen molar-refractivity contribution in [2.45, 2.75) is 6.54 Å². The zero-order chi connectivity index (χ0) is 18.7. The Morgan fingerprint density at radius 1 is 1.19 bits per heavy atom. The van der Waals surface area contributed by atoms with Crippen LogP contribution in [0.1, 0.15) is 5.56 Å². The van der Waals surface area contributed by atoms with Crippen LogP contribution in [0.2, 0.25) is 0 Å². The van der Waals surface area contributed by atoms with E-state index in [4.69, 9.17) is 0 Å². The summed E-state index contributed by atoms with van der Waals surface area (Å²) in [6, 6.07) is 10.5. The molecule has 136 valence electrons. The maximum atomic E-state index is 12.9. The van der Waals surface area contributed by atoms with E-state index in [1.807, 2.05) is 0 Å². The third-order valence-corrected chi connectivity index (χ3v) is 4.91. The Bertz CT molecular complexity index is 1050. The van der Waals surface area contributed by atoms with E-state index in [1.54, 1.807) is 30.3 Å². The molecule has 3 N–H and O–H groups in total. The standard InChI is InChI=1S/C16H15FN4O3S2/c1-26(23,24)21-16-20-13-7-6-12(8-14(13)25-16)19-15(22)18-9-10-2-4-11(17)5-3-10/h2-8H,9H2,1H3,(H,20,21)(H2,18,19,22). The molecule has 0 aliphatic heterocycles. The average Bonchev–Trinajstić information content (AvgIpc) is 2.93. The smallest absolute Gasteiger partial charge is 0.319 e. The van der Waals surface area contributed by atoms with E-state index in [9.17, 15) is 17.6 Å². The number of halogens is 1. The van der Waals surface area contributed by atoms with Crippen LogP contribution in [0.5, 0.6) is 0 Å². The Balaban J connectivity index is 1.64. The molecule has 2 aromatic carbocycles. The van der Waals surface area contributed by atoms with Crippen LogP contribution in [-0.4, -0.2) is 25.7 Å². The highest BCUT2D eigenvalue weighted by atomic mass is 32.2. The Labute approximate surface area is 153 Å². The number of aromatic nitrogens is 1. The minimum Gasteiger partial charge on any atom is -0.334 e. The predicted octanol–water partition coefficient (Wildman–Crippen LogP) is 3.13. The summed E-state index contributed by atoms with van der Waals surface area (Å²) in [5.74, 6) is -0.333. The number of hydrogen-bond donors (Lipinski definition) is 3. The molecule has 1 heterocycles. The van der Waals surface area contributed by atoms with Gasteiger partial charge in [0.05, 0.1) is 16.5 Å². The van der Waals surface area contributed by atoms with Gasteiger partial charge < -0.3 is 10.6 Å². The number of rotatable bonds is 5. The van der Waals surface area contributed by atoms with E-state index >= 15 is 0 Å². The van der Waals surface area contributed by atoms with E-state index in [0.717, 1.165) is 16.5 Å². The molecule has 0 bridgehead atoms. The topological polar surface area (TPSA) is 100 Å². The number of nitrogens with zero attached hydrogens (tertiary/aromatic N) is 1. The number of urea groups is 1. The maximum absolute atomic E-state index is 12.9. The molecule has 0 saturated heterocycles. The number of hydrogen-bond acceptors (Lipinski definition) is 5. The van der Waals surface area contributed by atoms with Crippen LogP contribution in [0.25, 0.3) is 10.2 Å². The van der Waals surface area contributed by atoms with Gasteiger partial charge in [-0.2, -0.15) is 0 Å². The SMILES string of the molecule is CS(=O)(=O)Nc1nc2ccc(NC(=O)NCc3ccc(F)cc3)cc2s1. The highest BCUT2D eigenvalue weighted by Crippen LogP contribution is 2.28. The summed E-state index contributed by atoms with van der Waals surface area (Å²) in [7, 11) is -3.40. The molecule has 7 nitrogen and oxygen atoms in total. The molecule has 3 rings (SSSR count). The lowest BCUT2D eigenvalue weighted by Crippen LogP contribution is -2.28. The van der Waals surface area contributed by atoms with Crippen molar-refractivity contribution in [3.8, 4) is 0 Å². The lowest BCUT2D eigenvalue weighted by atomic mass is 10.2. The second kappa shape index (κ2) is 7.26. The molecule has 0 aliphatic rings. The second-order valence-electron chi connectivity index (χ2n) is 5.51. The van der Waals surface area contributed by atoms with Crippen LogP contribution in [-0.2, 0) is 16.6 Å². The van der Waals surface area contributed by atoms with Gasteiger partial charge in [0.2, 0.25) is 10.0 Å². The molecule has 10 heteroatoms. The highest BCUT2D eigenvalue weighted by molar-refractivity contribution is 7.92. The number of anilines is 2. The molecule has 0 fully saturated rings. The van der Waals surface area contributed by atoms with E-state index in [1.165, 1.54) is 23.5 Å². The van der Waals surface area contributed by atoms with Crippen LogP contribution >= 0.6 is 11.3 Å². The average molecular weight is 394 g/mol. The monoisotopic (exact) mass is 394 g/mol. The quantitative estimate of drug-likeness (QED) is 0.619. The van der Waals surface area contributed by atoms with Gasteiger partial charge in [-0.3, -0.25) is 4.72 Å². The predicted molar refractivity (Wildman–Crippen MR) is 100 cm³/mol. The number of amides is 2. The van der Waals surface area contributed by atoms with Crippen molar-refractivity contribution in [1.82, 2.24) is 10.3 Å². The van der Waals surface area contributed by atoms with Gasteiger partial charge >= 0.3 is 6.03 Å². The number of benzene rings is 2. The second-order valence-corrected chi connectivity index (χ2v) is 8.29. The van der Waals surface area contributed by atoms with E-state index in [0.29, 0.717) is 11.2 Å². The first-order valence-corrected chi connectivity index (χ1v) is 10.2. The van der Waals surface area contributed by atoms with Gasteiger partial charge in [-0.1, -0.05) is 23.5 Å². The van der Waals surface area contributed by atoms with Crippen LogP contribution in [0, 0.1) is 5.82 Å². The normalized spacial score (nSPS) is 11.3. The van der Waals surface area contributed by atoms with Crippen molar-refractivity contribution in [3.05, 3.63) is 53.8 Å². The third kappa shape index (κ3) is 4.90. The van der Waals surface area contributed by atoms with Crippen LogP contribution in [0.15, 0.2) is 42.5 Å². The summed E-state index contributed by atoms with van der Waals surface area (Å²) in [6.45, 7) is 0.261. The highest BCUT2D eigenvalue weighted by Gasteiger charge is 2.10. The van der Waals surface area contributed by atoms with Crippen molar-refractivity contribution in [3.63, 3.8) is 0 Å². The summed E-state index contributed by atoms with van der Waals surface area (Å²) in [4.78, 5) is 16.2. The van der Waals surface area contributed by atoms with Crippen LogP contribution in [0.4, 0.5) is 20.0 Å². The summed E-state index contributed by atoms with van der Waals surface area (Å²) in [5, 5.41) is 5.63. The van der Waals surface area contributed by atoms with Crippen LogP contribution < -0.4 is 15.4 Å². The van der Waals surface area contributed by atoms with Gasteiger partial charge in [-0.25, -0.2) is 22.6 Å². The van der Waals surface area contributed by atoms with E-state index < -0.39 is 16.1 Å². The van der Waals surface area contributed by atoms with E-state index in [-0.39, 0.29) is 17.5 Å². The molecule has 3 aromatic rings. The van der Waals surface area contributed by atoms with Gasteiger partial charge in [0.25, 0.3) is 0 Å². The van der Waals surface area contributed by atoms with Crippen molar-refractivity contribution in [1.29, 1.82) is 0 Å². The molecule has 0 spiro atoms. The zero-order valence-corrected chi connectivity index (χ0v) is 15.2.